The second kappa shape index (κ2) is 8.81. The van der Waals surface area contributed by atoms with Crippen molar-refractivity contribution in [2.45, 2.75) is 13.5 Å². The molecule has 0 aliphatic carbocycles. The average molecular weight is 420 g/mol. The van der Waals surface area contributed by atoms with Crippen molar-refractivity contribution in [2.24, 2.45) is 0 Å². The smallest absolute Gasteiger partial charge is 0.253 e. The largest absolute Gasteiger partial charge is 0.348 e. The summed E-state index contributed by atoms with van der Waals surface area (Å²) in [6.45, 7) is 5.33. The van der Waals surface area contributed by atoms with Crippen molar-refractivity contribution in [3.8, 4) is 0 Å². The quantitative estimate of drug-likeness (QED) is 0.705. The summed E-state index contributed by atoms with van der Waals surface area (Å²) in [5.74, 6) is -0.600. The molecule has 1 aliphatic heterocycles. The maximum atomic E-state index is 13.5. The number of aryl methyl sites for hydroxylation is 1. The second-order valence-corrected chi connectivity index (χ2v) is 7.95. The number of hydrogen-bond donors (Lipinski definition) is 1. The number of halogens is 1. The molecule has 31 heavy (non-hydrogen) atoms. The highest BCUT2D eigenvalue weighted by Crippen LogP contribution is 2.20. The summed E-state index contributed by atoms with van der Waals surface area (Å²) in [6.07, 6.45) is 0. The van der Waals surface area contributed by atoms with Crippen molar-refractivity contribution in [2.75, 3.05) is 33.2 Å². The lowest BCUT2D eigenvalue weighted by molar-refractivity contribution is 0.0664. The lowest BCUT2D eigenvalue weighted by Crippen LogP contribution is -2.47. The van der Waals surface area contributed by atoms with Gasteiger partial charge < -0.3 is 15.1 Å². The van der Waals surface area contributed by atoms with Crippen LogP contribution in [0.25, 0.3) is 10.9 Å². The molecule has 1 aromatic heterocycles. The fourth-order valence-corrected chi connectivity index (χ4v) is 3.76. The van der Waals surface area contributed by atoms with Crippen LogP contribution in [0.3, 0.4) is 0 Å². The van der Waals surface area contributed by atoms with E-state index >= 15 is 0 Å². The number of likely N-dealkylation sites (N-methyl/N-ethyl adjacent to an activating group) is 1. The minimum Gasteiger partial charge on any atom is -0.348 e. The van der Waals surface area contributed by atoms with Crippen LogP contribution in [0.1, 0.15) is 32.0 Å². The molecule has 0 spiro atoms. The third kappa shape index (κ3) is 4.72. The molecule has 0 saturated carbocycles. The fourth-order valence-electron chi connectivity index (χ4n) is 3.76. The summed E-state index contributed by atoms with van der Waals surface area (Å²) in [6, 6.07) is 13.2. The molecule has 3 aromatic rings. The zero-order chi connectivity index (χ0) is 22.0. The van der Waals surface area contributed by atoms with E-state index in [4.69, 9.17) is 0 Å². The molecule has 2 amide bonds. The molecule has 4 rings (SSSR count). The first-order valence-electron chi connectivity index (χ1n) is 10.3. The SMILES string of the molecule is Cc1cc(C(=O)NCc2ccc(C(=O)N3CCN(C)CC3)cc2)c2ccc(F)cc2n1. The zero-order valence-corrected chi connectivity index (χ0v) is 17.7. The molecule has 6 nitrogen and oxygen atoms in total. The van der Waals surface area contributed by atoms with Gasteiger partial charge in [-0.25, -0.2) is 4.39 Å². The van der Waals surface area contributed by atoms with E-state index in [-0.39, 0.29) is 17.6 Å². The van der Waals surface area contributed by atoms with Gasteiger partial charge in [-0.15, -0.1) is 0 Å². The van der Waals surface area contributed by atoms with Gasteiger partial charge in [-0.1, -0.05) is 12.1 Å². The van der Waals surface area contributed by atoms with Crippen molar-refractivity contribution < 1.29 is 14.0 Å². The normalized spacial score (nSPS) is 14.6. The molecule has 1 N–H and O–H groups in total. The van der Waals surface area contributed by atoms with Crippen molar-refractivity contribution >= 4 is 22.7 Å². The highest BCUT2D eigenvalue weighted by molar-refractivity contribution is 6.06. The predicted octanol–water partition coefficient (Wildman–Crippen LogP) is 3.00. The number of aromatic nitrogens is 1. The van der Waals surface area contributed by atoms with E-state index < -0.39 is 0 Å². The van der Waals surface area contributed by atoms with Gasteiger partial charge in [0, 0.05) is 55.4 Å². The highest BCUT2D eigenvalue weighted by Gasteiger charge is 2.20. The molecule has 2 aromatic carbocycles. The van der Waals surface area contributed by atoms with E-state index in [1.165, 1.54) is 12.1 Å². The van der Waals surface area contributed by atoms with Crippen molar-refractivity contribution in [3.05, 3.63) is 76.7 Å². The summed E-state index contributed by atoms with van der Waals surface area (Å²) in [5.41, 5.74) is 3.11. The van der Waals surface area contributed by atoms with E-state index in [0.29, 0.717) is 34.3 Å². The molecule has 160 valence electrons. The standard InChI is InChI=1S/C24H25FN4O2/c1-16-13-21(20-8-7-19(25)14-22(20)27-16)23(30)26-15-17-3-5-18(6-4-17)24(31)29-11-9-28(2)10-12-29/h3-8,13-14H,9-12,15H2,1-2H3,(H,26,30). The summed E-state index contributed by atoms with van der Waals surface area (Å²) >= 11 is 0. The molecule has 0 radical (unpaired) electrons. The van der Waals surface area contributed by atoms with Gasteiger partial charge in [0.25, 0.3) is 11.8 Å². The number of carbonyl (C=O) groups excluding carboxylic acids is 2. The number of carbonyl (C=O) groups is 2. The van der Waals surface area contributed by atoms with Crippen LogP contribution in [-0.4, -0.2) is 59.8 Å². The molecular formula is C24H25FN4O2. The number of fused-ring (bicyclic) bond motifs is 1. The van der Waals surface area contributed by atoms with Crippen molar-refractivity contribution in [1.29, 1.82) is 0 Å². The summed E-state index contributed by atoms with van der Waals surface area (Å²) < 4.78 is 13.5. The monoisotopic (exact) mass is 420 g/mol. The van der Waals surface area contributed by atoms with Crippen LogP contribution in [0, 0.1) is 12.7 Å². The summed E-state index contributed by atoms with van der Waals surface area (Å²) in [7, 11) is 2.05. The van der Waals surface area contributed by atoms with Crippen LogP contribution in [0.4, 0.5) is 4.39 Å². The Morgan fingerprint density at radius 1 is 1.03 bits per heavy atom. The first-order valence-corrected chi connectivity index (χ1v) is 10.3. The minimum absolute atomic E-state index is 0.0367. The van der Waals surface area contributed by atoms with Crippen LogP contribution in [0.2, 0.25) is 0 Å². The molecule has 0 bridgehead atoms. The molecule has 7 heteroatoms. The van der Waals surface area contributed by atoms with Gasteiger partial charge >= 0.3 is 0 Å². The molecule has 1 aliphatic rings. The van der Waals surface area contributed by atoms with Crippen molar-refractivity contribution in [3.63, 3.8) is 0 Å². The zero-order valence-electron chi connectivity index (χ0n) is 17.7. The summed E-state index contributed by atoms with van der Waals surface area (Å²) in [4.78, 5) is 33.8. The Bertz CT molecular complexity index is 1120. The Morgan fingerprint density at radius 3 is 2.45 bits per heavy atom. The van der Waals surface area contributed by atoms with Crippen LogP contribution in [0.5, 0.6) is 0 Å². The maximum absolute atomic E-state index is 13.5. The fraction of sp³-hybridized carbons (Fsp3) is 0.292. The molecule has 0 atom stereocenters. The lowest BCUT2D eigenvalue weighted by Gasteiger charge is -2.32. The number of rotatable bonds is 4. The Hall–Kier alpha value is -3.32. The molecule has 0 unspecified atom stereocenters. The van der Waals surface area contributed by atoms with E-state index in [2.05, 4.69) is 22.2 Å². The van der Waals surface area contributed by atoms with Gasteiger partial charge in [0.1, 0.15) is 5.82 Å². The third-order valence-corrected chi connectivity index (χ3v) is 5.59. The Morgan fingerprint density at radius 2 is 1.74 bits per heavy atom. The van der Waals surface area contributed by atoms with Crippen LogP contribution in [0.15, 0.2) is 48.5 Å². The first kappa shape index (κ1) is 20.9. The molecule has 1 fully saturated rings. The van der Waals surface area contributed by atoms with E-state index in [1.807, 2.05) is 17.0 Å². The van der Waals surface area contributed by atoms with Gasteiger partial charge in [0.05, 0.1) is 11.1 Å². The van der Waals surface area contributed by atoms with Crippen LogP contribution in [-0.2, 0) is 6.54 Å². The summed E-state index contributed by atoms with van der Waals surface area (Å²) in [5, 5.41) is 3.51. The van der Waals surface area contributed by atoms with E-state index in [0.717, 1.165) is 31.7 Å². The van der Waals surface area contributed by atoms with Gasteiger partial charge in [0.15, 0.2) is 0 Å². The van der Waals surface area contributed by atoms with Crippen LogP contribution < -0.4 is 5.32 Å². The third-order valence-electron chi connectivity index (χ3n) is 5.59. The number of hydrogen-bond acceptors (Lipinski definition) is 4. The van der Waals surface area contributed by atoms with Gasteiger partial charge in [-0.05, 0) is 49.9 Å². The van der Waals surface area contributed by atoms with Gasteiger partial charge in [0.2, 0.25) is 0 Å². The second-order valence-electron chi connectivity index (χ2n) is 7.95. The van der Waals surface area contributed by atoms with Gasteiger partial charge in [-0.3, -0.25) is 14.6 Å². The number of amides is 2. The lowest BCUT2D eigenvalue weighted by atomic mass is 10.1. The van der Waals surface area contributed by atoms with Gasteiger partial charge in [-0.2, -0.15) is 0 Å². The van der Waals surface area contributed by atoms with E-state index in [1.54, 1.807) is 31.2 Å². The molecule has 1 saturated heterocycles. The molecule has 2 heterocycles. The number of piperazine rings is 1. The topological polar surface area (TPSA) is 65.5 Å². The Balaban J connectivity index is 1.42. The molecular weight excluding hydrogens is 395 g/mol. The number of nitrogens with one attached hydrogen (secondary N) is 1. The maximum Gasteiger partial charge on any atom is 0.253 e. The highest BCUT2D eigenvalue weighted by atomic mass is 19.1. The number of nitrogens with zero attached hydrogens (tertiary/aromatic N) is 3. The average Bonchev–Trinajstić information content (AvgIpc) is 2.77. The Kier molecular flexibility index (Phi) is 5.95. The van der Waals surface area contributed by atoms with E-state index in [9.17, 15) is 14.0 Å². The van der Waals surface area contributed by atoms with Crippen molar-refractivity contribution in [1.82, 2.24) is 20.1 Å². The van der Waals surface area contributed by atoms with Crippen LogP contribution >= 0.6 is 0 Å². The number of benzene rings is 2. The predicted molar refractivity (Wildman–Crippen MR) is 117 cm³/mol. The minimum atomic E-state index is -0.386. The number of pyridine rings is 1. The Labute approximate surface area is 180 Å². The first-order chi connectivity index (χ1) is 14.9.